The first kappa shape index (κ1) is 22.9. The molecule has 0 saturated carbocycles. The fraction of sp³-hybridized carbons (Fsp3) is 0.524. The van der Waals surface area contributed by atoms with E-state index in [9.17, 15) is 8.42 Å². The molecule has 0 saturated heterocycles. The lowest BCUT2D eigenvalue weighted by Gasteiger charge is -2.22. The predicted octanol–water partition coefficient (Wildman–Crippen LogP) is 2.80. The van der Waals surface area contributed by atoms with Gasteiger partial charge in [0.05, 0.1) is 16.3 Å². The number of nitrogens with zero attached hydrogens (tertiary/aromatic N) is 4. The fourth-order valence-corrected chi connectivity index (χ4v) is 4.46. The second-order valence-electron chi connectivity index (χ2n) is 7.45. The zero-order chi connectivity index (χ0) is 21.4. The average Bonchev–Trinajstić information content (AvgIpc) is 3.05. The van der Waals surface area contributed by atoms with Gasteiger partial charge in [-0.1, -0.05) is 32.0 Å². The molecule has 0 fully saturated rings. The van der Waals surface area contributed by atoms with E-state index >= 15 is 0 Å². The van der Waals surface area contributed by atoms with Crippen molar-refractivity contribution in [1.29, 1.82) is 0 Å². The van der Waals surface area contributed by atoms with Crippen molar-refractivity contribution in [2.45, 2.75) is 44.6 Å². The van der Waals surface area contributed by atoms with Gasteiger partial charge in [-0.2, -0.15) is 5.10 Å². The van der Waals surface area contributed by atoms with Crippen molar-refractivity contribution in [1.82, 2.24) is 20.0 Å². The minimum atomic E-state index is -3.27. The molecule has 0 radical (unpaired) electrons. The number of benzene rings is 1. The van der Waals surface area contributed by atoms with Crippen LogP contribution in [0.1, 0.15) is 44.4 Å². The number of guanidine groups is 1. The number of hydrogen-bond acceptors (Lipinski definition) is 4. The highest BCUT2D eigenvalue weighted by molar-refractivity contribution is 7.91. The monoisotopic (exact) mass is 419 g/mol. The Morgan fingerprint density at radius 3 is 2.59 bits per heavy atom. The van der Waals surface area contributed by atoms with Crippen molar-refractivity contribution in [3.63, 3.8) is 0 Å². The van der Waals surface area contributed by atoms with Crippen molar-refractivity contribution < 1.29 is 8.42 Å². The summed E-state index contributed by atoms with van der Waals surface area (Å²) in [5.74, 6) is 1.20. The molecular weight excluding hydrogens is 386 g/mol. The summed E-state index contributed by atoms with van der Waals surface area (Å²) in [6.45, 7) is 8.18. The molecule has 0 aliphatic heterocycles. The molecular formula is C21H33N5O2S. The molecule has 2 aromatic rings. The lowest BCUT2D eigenvalue weighted by atomic mass is 10.1. The molecule has 0 bridgehead atoms. The summed E-state index contributed by atoms with van der Waals surface area (Å²) in [6, 6.07) is 8.57. The Balaban J connectivity index is 2.00. The molecule has 1 aromatic carbocycles. The topological polar surface area (TPSA) is 79.6 Å². The van der Waals surface area contributed by atoms with E-state index in [0.29, 0.717) is 30.3 Å². The molecule has 7 nitrogen and oxygen atoms in total. The number of aliphatic imine (C=N–C) groups is 1. The van der Waals surface area contributed by atoms with Crippen LogP contribution in [0.4, 0.5) is 0 Å². The Kier molecular flexibility index (Phi) is 8.25. The second kappa shape index (κ2) is 10.4. The van der Waals surface area contributed by atoms with Gasteiger partial charge in [0, 0.05) is 45.5 Å². The zero-order valence-electron chi connectivity index (χ0n) is 18.1. The van der Waals surface area contributed by atoms with Crippen LogP contribution in [-0.4, -0.2) is 54.9 Å². The van der Waals surface area contributed by atoms with Gasteiger partial charge >= 0.3 is 0 Å². The van der Waals surface area contributed by atoms with Crippen LogP contribution in [0, 0.1) is 0 Å². The zero-order valence-corrected chi connectivity index (χ0v) is 18.9. The Labute approximate surface area is 174 Å². The highest BCUT2D eigenvalue weighted by Crippen LogP contribution is 2.18. The van der Waals surface area contributed by atoms with Gasteiger partial charge in [0.25, 0.3) is 0 Å². The Bertz CT molecular complexity index is 904. The molecule has 0 aliphatic carbocycles. The lowest BCUT2D eigenvalue weighted by Crippen LogP contribution is -2.38. The maximum Gasteiger partial charge on any atom is 0.193 e. The van der Waals surface area contributed by atoms with Crippen LogP contribution in [0.2, 0.25) is 0 Å². The summed E-state index contributed by atoms with van der Waals surface area (Å²) in [6.07, 6.45) is 2.52. The second-order valence-corrected chi connectivity index (χ2v) is 9.55. The van der Waals surface area contributed by atoms with E-state index in [0.717, 1.165) is 18.2 Å². The van der Waals surface area contributed by atoms with Gasteiger partial charge in [0.15, 0.2) is 15.8 Å². The van der Waals surface area contributed by atoms with Crippen LogP contribution >= 0.6 is 0 Å². The van der Waals surface area contributed by atoms with Gasteiger partial charge in [-0.15, -0.1) is 0 Å². The summed E-state index contributed by atoms with van der Waals surface area (Å²) >= 11 is 0. The number of rotatable bonds is 9. The van der Waals surface area contributed by atoms with Crippen molar-refractivity contribution in [2.75, 3.05) is 25.9 Å². The van der Waals surface area contributed by atoms with Crippen LogP contribution in [-0.2, 0) is 23.4 Å². The minimum absolute atomic E-state index is 0.0870. The van der Waals surface area contributed by atoms with Gasteiger partial charge < -0.3 is 10.2 Å². The predicted molar refractivity (Wildman–Crippen MR) is 118 cm³/mol. The van der Waals surface area contributed by atoms with Crippen LogP contribution in [0.15, 0.2) is 46.4 Å². The number of sulfone groups is 1. The van der Waals surface area contributed by atoms with Crippen LogP contribution in [0.25, 0.3) is 0 Å². The fourth-order valence-electron chi connectivity index (χ4n) is 3.15. The highest BCUT2D eigenvalue weighted by Gasteiger charge is 2.16. The van der Waals surface area contributed by atoms with Crippen molar-refractivity contribution in [3.05, 3.63) is 47.8 Å². The molecule has 2 rings (SSSR count). The number of aryl methyl sites for hydroxylation is 1. The lowest BCUT2D eigenvalue weighted by molar-refractivity contribution is 0.473. The molecule has 1 heterocycles. The summed E-state index contributed by atoms with van der Waals surface area (Å²) in [4.78, 5) is 7.05. The van der Waals surface area contributed by atoms with Crippen LogP contribution in [0.5, 0.6) is 0 Å². The molecule has 160 valence electrons. The van der Waals surface area contributed by atoms with Gasteiger partial charge in [-0.25, -0.2) is 8.42 Å². The largest absolute Gasteiger partial charge is 0.357 e. The third-order valence-electron chi connectivity index (χ3n) is 4.52. The van der Waals surface area contributed by atoms with Crippen molar-refractivity contribution >= 4 is 15.8 Å². The first-order valence-electron chi connectivity index (χ1n) is 10.0. The van der Waals surface area contributed by atoms with E-state index in [4.69, 9.17) is 0 Å². The van der Waals surface area contributed by atoms with E-state index in [1.807, 2.05) is 38.0 Å². The molecule has 1 aromatic heterocycles. The Morgan fingerprint density at radius 1 is 1.28 bits per heavy atom. The van der Waals surface area contributed by atoms with Crippen molar-refractivity contribution in [2.24, 2.45) is 12.0 Å². The summed E-state index contributed by atoms with van der Waals surface area (Å²) in [7, 11) is 0.652. The third kappa shape index (κ3) is 6.59. The number of aromatic nitrogens is 2. The van der Waals surface area contributed by atoms with E-state index in [1.54, 1.807) is 24.3 Å². The van der Waals surface area contributed by atoms with Crippen molar-refractivity contribution in [3.8, 4) is 0 Å². The standard InChI is InChI=1S/C21H33N5O2S/c1-6-22-21(25(4)15-18-16-26(5)24-20(18)17(2)3)23-13-10-14-29(27,28)19-11-8-7-9-12-19/h7-9,11-12,16-17H,6,10,13-15H2,1-5H3,(H,22,23). The molecule has 0 amide bonds. The van der Waals surface area contributed by atoms with Gasteiger partial charge in [0.1, 0.15) is 0 Å². The summed E-state index contributed by atoms with van der Waals surface area (Å²) in [5.41, 5.74) is 2.26. The number of hydrogen-bond donors (Lipinski definition) is 1. The first-order valence-corrected chi connectivity index (χ1v) is 11.7. The summed E-state index contributed by atoms with van der Waals surface area (Å²) < 4.78 is 26.6. The van der Waals surface area contributed by atoms with E-state index in [1.165, 1.54) is 5.56 Å². The van der Waals surface area contributed by atoms with Gasteiger partial charge in [-0.3, -0.25) is 9.67 Å². The first-order chi connectivity index (χ1) is 13.7. The molecule has 29 heavy (non-hydrogen) atoms. The Morgan fingerprint density at radius 2 is 1.97 bits per heavy atom. The minimum Gasteiger partial charge on any atom is -0.357 e. The van der Waals surface area contributed by atoms with E-state index < -0.39 is 9.84 Å². The maximum atomic E-state index is 12.4. The van der Waals surface area contributed by atoms with E-state index in [2.05, 4.69) is 34.2 Å². The highest BCUT2D eigenvalue weighted by atomic mass is 32.2. The molecule has 0 spiro atoms. The molecule has 0 atom stereocenters. The quantitative estimate of drug-likeness (QED) is 0.384. The molecule has 0 unspecified atom stereocenters. The van der Waals surface area contributed by atoms with Crippen LogP contribution in [0.3, 0.4) is 0 Å². The molecule has 1 N–H and O–H groups in total. The van der Waals surface area contributed by atoms with Gasteiger partial charge in [0.2, 0.25) is 0 Å². The third-order valence-corrected chi connectivity index (χ3v) is 6.34. The Hall–Kier alpha value is -2.35. The number of nitrogens with one attached hydrogen (secondary N) is 1. The molecule has 0 aliphatic rings. The molecule has 8 heteroatoms. The normalized spacial score (nSPS) is 12.4. The SMILES string of the molecule is CCNC(=NCCCS(=O)(=O)c1ccccc1)N(C)Cc1cn(C)nc1C(C)C. The smallest absolute Gasteiger partial charge is 0.193 e. The van der Waals surface area contributed by atoms with Crippen LogP contribution < -0.4 is 5.32 Å². The van der Waals surface area contributed by atoms with Gasteiger partial charge in [-0.05, 0) is 31.4 Å². The van der Waals surface area contributed by atoms with E-state index in [-0.39, 0.29) is 5.75 Å². The maximum absolute atomic E-state index is 12.4. The average molecular weight is 420 g/mol. The summed E-state index contributed by atoms with van der Waals surface area (Å²) in [5, 5.41) is 7.85.